The molecule has 0 unspecified atom stereocenters. The van der Waals surface area contributed by atoms with Gasteiger partial charge >= 0.3 is 5.97 Å². The van der Waals surface area contributed by atoms with E-state index in [1.54, 1.807) is 29.3 Å². The summed E-state index contributed by atoms with van der Waals surface area (Å²) in [6.45, 7) is 0. The van der Waals surface area contributed by atoms with Crippen LogP contribution in [0, 0.1) is 0 Å². The van der Waals surface area contributed by atoms with Gasteiger partial charge < -0.3 is 9.52 Å². The Bertz CT molecular complexity index is 771. The number of hydrogen-bond donors (Lipinski definition) is 1. The van der Waals surface area contributed by atoms with Crippen molar-refractivity contribution in [2.75, 3.05) is 0 Å². The van der Waals surface area contributed by atoms with Crippen LogP contribution in [0.15, 0.2) is 65.4 Å². The Kier molecular flexibility index (Phi) is 3.39. The molecule has 0 fully saturated rings. The number of rotatable bonds is 4. The first-order valence-electron chi connectivity index (χ1n) is 6.34. The van der Waals surface area contributed by atoms with Crippen molar-refractivity contribution in [3.63, 3.8) is 0 Å². The lowest BCUT2D eigenvalue weighted by Crippen LogP contribution is -1.93. The van der Waals surface area contributed by atoms with Gasteiger partial charge in [-0.05, 0) is 30.3 Å². The van der Waals surface area contributed by atoms with Crippen LogP contribution in [0.2, 0.25) is 0 Å². The molecule has 0 atom stereocenters. The van der Waals surface area contributed by atoms with E-state index in [9.17, 15) is 4.79 Å². The third-order valence-electron chi connectivity index (χ3n) is 2.92. The molecule has 5 heteroatoms. The standard InChI is InChI=1S/C16H12N2O3/c19-15(20)9-8-12-11-18(13-5-2-1-3-6-13)17-16(12)14-7-4-10-21-14/h1-11H,(H,19,20)/b9-8+. The Labute approximate surface area is 120 Å². The van der Waals surface area contributed by atoms with Crippen LogP contribution in [0.3, 0.4) is 0 Å². The average Bonchev–Trinajstić information content (AvgIpc) is 3.15. The van der Waals surface area contributed by atoms with E-state index >= 15 is 0 Å². The zero-order valence-electron chi connectivity index (χ0n) is 11.0. The molecule has 0 aliphatic heterocycles. The summed E-state index contributed by atoms with van der Waals surface area (Å²) in [6, 6.07) is 13.1. The maximum Gasteiger partial charge on any atom is 0.328 e. The van der Waals surface area contributed by atoms with Gasteiger partial charge in [0.25, 0.3) is 0 Å². The number of hydrogen-bond acceptors (Lipinski definition) is 3. The number of aromatic nitrogens is 2. The van der Waals surface area contributed by atoms with Crippen LogP contribution in [-0.4, -0.2) is 20.9 Å². The first kappa shape index (κ1) is 12.9. The molecule has 2 heterocycles. The van der Waals surface area contributed by atoms with Crippen molar-refractivity contribution < 1.29 is 14.3 Å². The molecular weight excluding hydrogens is 268 g/mol. The molecule has 0 aliphatic carbocycles. The number of carboxylic acid groups (broad SMARTS) is 1. The highest BCUT2D eigenvalue weighted by Crippen LogP contribution is 2.25. The first-order valence-corrected chi connectivity index (χ1v) is 6.34. The monoisotopic (exact) mass is 280 g/mol. The number of aliphatic carboxylic acids is 1. The quantitative estimate of drug-likeness (QED) is 0.745. The first-order chi connectivity index (χ1) is 10.2. The molecule has 3 aromatic rings. The van der Waals surface area contributed by atoms with Gasteiger partial charge in [-0.1, -0.05) is 18.2 Å². The fraction of sp³-hybridized carbons (Fsp3) is 0. The van der Waals surface area contributed by atoms with E-state index < -0.39 is 5.97 Å². The highest BCUT2D eigenvalue weighted by molar-refractivity contribution is 5.86. The van der Waals surface area contributed by atoms with Crippen LogP contribution in [0.4, 0.5) is 0 Å². The summed E-state index contributed by atoms with van der Waals surface area (Å²) in [6.07, 6.45) is 5.92. The Balaban J connectivity index is 2.09. The lowest BCUT2D eigenvalue weighted by Gasteiger charge is -1.98. The van der Waals surface area contributed by atoms with E-state index in [1.165, 1.54) is 6.08 Å². The van der Waals surface area contributed by atoms with Crippen LogP contribution >= 0.6 is 0 Å². The fourth-order valence-corrected chi connectivity index (χ4v) is 1.99. The molecule has 21 heavy (non-hydrogen) atoms. The molecule has 0 saturated heterocycles. The predicted octanol–water partition coefficient (Wildman–Crippen LogP) is 3.23. The lowest BCUT2D eigenvalue weighted by atomic mass is 10.2. The Hall–Kier alpha value is -3.08. The normalized spacial score (nSPS) is 11.0. The topological polar surface area (TPSA) is 68.3 Å². The number of nitrogens with zero attached hydrogens (tertiary/aromatic N) is 2. The molecule has 0 aliphatic rings. The van der Waals surface area contributed by atoms with Crippen molar-refractivity contribution in [2.45, 2.75) is 0 Å². The van der Waals surface area contributed by atoms with Gasteiger partial charge in [0, 0.05) is 17.8 Å². The number of carboxylic acids is 1. The minimum Gasteiger partial charge on any atom is -0.478 e. The summed E-state index contributed by atoms with van der Waals surface area (Å²) in [5, 5.41) is 13.3. The summed E-state index contributed by atoms with van der Waals surface area (Å²) < 4.78 is 7.05. The van der Waals surface area contributed by atoms with Crippen molar-refractivity contribution in [2.24, 2.45) is 0 Å². The maximum absolute atomic E-state index is 10.7. The Morgan fingerprint density at radius 3 is 2.67 bits per heavy atom. The van der Waals surface area contributed by atoms with E-state index in [2.05, 4.69) is 5.10 Å². The van der Waals surface area contributed by atoms with E-state index in [1.807, 2.05) is 30.3 Å². The zero-order valence-corrected chi connectivity index (χ0v) is 11.0. The number of carbonyl (C=O) groups is 1. The van der Waals surface area contributed by atoms with E-state index in [0.29, 0.717) is 17.0 Å². The molecule has 0 bridgehead atoms. The van der Waals surface area contributed by atoms with Gasteiger partial charge in [-0.15, -0.1) is 0 Å². The molecule has 5 nitrogen and oxygen atoms in total. The Morgan fingerprint density at radius 1 is 1.19 bits per heavy atom. The van der Waals surface area contributed by atoms with Crippen LogP contribution in [-0.2, 0) is 4.79 Å². The zero-order chi connectivity index (χ0) is 14.7. The van der Waals surface area contributed by atoms with Crippen molar-refractivity contribution in [3.8, 4) is 17.1 Å². The second kappa shape index (κ2) is 5.50. The molecular formula is C16H12N2O3. The van der Waals surface area contributed by atoms with Crippen molar-refractivity contribution in [1.29, 1.82) is 0 Å². The Morgan fingerprint density at radius 2 is 2.00 bits per heavy atom. The summed E-state index contributed by atoms with van der Waals surface area (Å²) in [5.74, 6) is -0.414. The summed E-state index contributed by atoms with van der Waals surface area (Å²) in [5.41, 5.74) is 2.16. The highest BCUT2D eigenvalue weighted by atomic mass is 16.4. The maximum atomic E-state index is 10.7. The molecule has 2 aromatic heterocycles. The summed E-state index contributed by atoms with van der Waals surface area (Å²) in [7, 11) is 0. The van der Waals surface area contributed by atoms with Gasteiger partial charge in [-0.2, -0.15) is 5.10 Å². The molecule has 1 N–H and O–H groups in total. The van der Waals surface area contributed by atoms with Crippen molar-refractivity contribution >= 4 is 12.0 Å². The van der Waals surface area contributed by atoms with E-state index in [0.717, 1.165) is 11.8 Å². The largest absolute Gasteiger partial charge is 0.478 e. The summed E-state index contributed by atoms with van der Waals surface area (Å²) in [4.78, 5) is 10.7. The highest BCUT2D eigenvalue weighted by Gasteiger charge is 2.12. The second-order valence-corrected chi connectivity index (χ2v) is 4.36. The average molecular weight is 280 g/mol. The van der Waals surface area contributed by atoms with Crippen molar-refractivity contribution in [1.82, 2.24) is 9.78 Å². The van der Waals surface area contributed by atoms with E-state index in [4.69, 9.17) is 9.52 Å². The van der Waals surface area contributed by atoms with Crippen LogP contribution in [0.25, 0.3) is 23.2 Å². The molecule has 0 radical (unpaired) electrons. The molecule has 0 saturated carbocycles. The number of furan rings is 1. The van der Waals surface area contributed by atoms with Crippen molar-refractivity contribution in [3.05, 3.63) is 66.6 Å². The molecule has 3 rings (SSSR count). The summed E-state index contributed by atoms with van der Waals surface area (Å²) >= 11 is 0. The van der Waals surface area contributed by atoms with Gasteiger partial charge in [0.15, 0.2) is 5.76 Å². The molecule has 0 spiro atoms. The van der Waals surface area contributed by atoms with Gasteiger partial charge in [-0.3, -0.25) is 0 Å². The molecule has 0 amide bonds. The van der Waals surface area contributed by atoms with Gasteiger partial charge in [0.1, 0.15) is 5.69 Å². The minimum absolute atomic E-state index is 0.592. The third-order valence-corrected chi connectivity index (χ3v) is 2.92. The van der Waals surface area contributed by atoms with Crippen LogP contribution < -0.4 is 0 Å². The van der Waals surface area contributed by atoms with Gasteiger partial charge in [0.05, 0.1) is 12.0 Å². The van der Waals surface area contributed by atoms with Crippen LogP contribution in [0.5, 0.6) is 0 Å². The molecule has 104 valence electrons. The third kappa shape index (κ3) is 2.76. The van der Waals surface area contributed by atoms with E-state index in [-0.39, 0.29) is 0 Å². The van der Waals surface area contributed by atoms with Gasteiger partial charge in [0.2, 0.25) is 0 Å². The van der Waals surface area contributed by atoms with Gasteiger partial charge in [-0.25, -0.2) is 9.48 Å². The predicted molar refractivity (Wildman–Crippen MR) is 77.9 cm³/mol. The minimum atomic E-state index is -1.01. The SMILES string of the molecule is O=C(O)/C=C/c1cn(-c2ccccc2)nc1-c1ccco1. The smallest absolute Gasteiger partial charge is 0.328 e. The number of benzene rings is 1. The lowest BCUT2D eigenvalue weighted by molar-refractivity contribution is -0.131. The molecule has 1 aromatic carbocycles. The fourth-order valence-electron chi connectivity index (χ4n) is 1.99. The van der Waals surface area contributed by atoms with Crippen LogP contribution in [0.1, 0.15) is 5.56 Å². The second-order valence-electron chi connectivity index (χ2n) is 4.36. The number of para-hydroxylation sites is 1.